The van der Waals surface area contributed by atoms with Crippen LogP contribution < -0.4 is 4.74 Å². The quantitative estimate of drug-likeness (QED) is 0.920. The molecule has 2 aliphatic rings. The monoisotopic (exact) mass is 281 g/mol. The van der Waals surface area contributed by atoms with Gasteiger partial charge in [-0.2, -0.15) is 0 Å². The van der Waals surface area contributed by atoms with E-state index in [2.05, 4.69) is 17.1 Å². The predicted molar refractivity (Wildman–Crippen MR) is 80.6 cm³/mol. The number of aromatic nitrogens is 1. The summed E-state index contributed by atoms with van der Waals surface area (Å²) < 4.78 is 5.71. The SMILES string of the molecule is OC(C1CCOc2ccccc21)C1CCc2cccnc21. The zero-order valence-corrected chi connectivity index (χ0v) is 11.9. The van der Waals surface area contributed by atoms with E-state index in [0.29, 0.717) is 6.61 Å². The number of para-hydroxylation sites is 1. The smallest absolute Gasteiger partial charge is 0.122 e. The van der Waals surface area contributed by atoms with Crippen LogP contribution in [0.1, 0.15) is 41.5 Å². The molecule has 0 radical (unpaired) electrons. The van der Waals surface area contributed by atoms with Crippen molar-refractivity contribution < 1.29 is 9.84 Å². The summed E-state index contributed by atoms with van der Waals surface area (Å²) in [7, 11) is 0. The van der Waals surface area contributed by atoms with Gasteiger partial charge in [0.05, 0.1) is 12.7 Å². The molecule has 3 atom stereocenters. The first kappa shape index (κ1) is 12.8. The average molecular weight is 281 g/mol. The molecular weight excluding hydrogens is 262 g/mol. The summed E-state index contributed by atoms with van der Waals surface area (Å²) in [6.07, 6.45) is 4.34. The standard InChI is InChI=1S/C18H19NO2/c20-18(15-8-7-12-4-3-10-19-17(12)15)14-9-11-21-16-6-2-1-5-13(14)16/h1-6,10,14-15,18,20H,7-9,11H2. The number of pyridine rings is 1. The Bertz CT molecular complexity index is 655. The van der Waals surface area contributed by atoms with Crippen molar-refractivity contribution in [3.05, 3.63) is 59.4 Å². The maximum Gasteiger partial charge on any atom is 0.122 e. The minimum Gasteiger partial charge on any atom is -0.493 e. The van der Waals surface area contributed by atoms with Crippen molar-refractivity contribution in [3.8, 4) is 5.75 Å². The molecule has 2 heterocycles. The first-order chi connectivity index (χ1) is 10.3. The van der Waals surface area contributed by atoms with Crippen molar-refractivity contribution >= 4 is 0 Å². The first-order valence-corrected chi connectivity index (χ1v) is 7.68. The Morgan fingerprint density at radius 1 is 1.10 bits per heavy atom. The van der Waals surface area contributed by atoms with E-state index >= 15 is 0 Å². The lowest BCUT2D eigenvalue weighted by atomic mass is 9.81. The molecule has 0 saturated carbocycles. The molecule has 1 aliphatic heterocycles. The third kappa shape index (κ3) is 2.12. The highest BCUT2D eigenvalue weighted by Crippen LogP contribution is 2.43. The minimum atomic E-state index is -0.383. The largest absolute Gasteiger partial charge is 0.493 e. The van der Waals surface area contributed by atoms with E-state index in [0.717, 1.165) is 36.3 Å². The van der Waals surface area contributed by atoms with Crippen LogP contribution in [0.2, 0.25) is 0 Å². The number of aliphatic hydroxyl groups is 1. The molecule has 2 aromatic rings. The first-order valence-electron chi connectivity index (χ1n) is 7.68. The van der Waals surface area contributed by atoms with Crippen molar-refractivity contribution in [3.63, 3.8) is 0 Å². The van der Waals surface area contributed by atoms with Crippen LogP contribution in [0.25, 0.3) is 0 Å². The van der Waals surface area contributed by atoms with E-state index in [-0.39, 0.29) is 17.9 Å². The zero-order chi connectivity index (χ0) is 14.2. The Morgan fingerprint density at radius 3 is 2.95 bits per heavy atom. The third-order valence-corrected chi connectivity index (χ3v) is 4.83. The second-order valence-corrected chi connectivity index (χ2v) is 5.96. The highest BCUT2D eigenvalue weighted by Gasteiger charge is 2.37. The molecule has 1 N–H and O–H groups in total. The van der Waals surface area contributed by atoms with Crippen LogP contribution >= 0.6 is 0 Å². The van der Waals surface area contributed by atoms with Crippen LogP contribution in [0.3, 0.4) is 0 Å². The van der Waals surface area contributed by atoms with E-state index in [9.17, 15) is 5.11 Å². The van der Waals surface area contributed by atoms with Crippen molar-refractivity contribution in [2.75, 3.05) is 6.61 Å². The molecule has 0 spiro atoms. The molecule has 0 saturated heterocycles. The van der Waals surface area contributed by atoms with Crippen LogP contribution in [0.4, 0.5) is 0 Å². The summed E-state index contributed by atoms with van der Waals surface area (Å²) in [5, 5.41) is 11.0. The molecule has 3 heteroatoms. The molecular formula is C18H19NO2. The van der Waals surface area contributed by atoms with Gasteiger partial charge in [-0.3, -0.25) is 4.98 Å². The lowest BCUT2D eigenvalue weighted by Crippen LogP contribution is -2.29. The number of hydrogen-bond acceptors (Lipinski definition) is 3. The van der Waals surface area contributed by atoms with Crippen LogP contribution in [0.15, 0.2) is 42.6 Å². The molecule has 21 heavy (non-hydrogen) atoms. The highest BCUT2D eigenvalue weighted by molar-refractivity contribution is 5.40. The normalized spacial score (nSPS) is 24.8. The molecule has 0 amide bonds. The Labute approximate surface area is 124 Å². The topological polar surface area (TPSA) is 42.4 Å². The van der Waals surface area contributed by atoms with E-state index < -0.39 is 0 Å². The van der Waals surface area contributed by atoms with Crippen LogP contribution in [0, 0.1) is 0 Å². The molecule has 3 nitrogen and oxygen atoms in total. The van der Waals surface area contributed by atoms with E-state index in [4.69, 9.17) is 4.74 Å². The molecule has 1 aliphatic carbocycles. The van der Waals surface area contributed by atoms with Gasteiger partial charge in [-0.15, -0.1) is 0 Å². The van der Waals surface area contributed by atoms with Crippen LogP contribution in [-0.2, 0) is 6.42 Å². The highest BCUT2D eigenvalue weighted by atomic mass is 16.5. The van der Waals surface area contributed by atoms with E-state index in [1.165, 1.54) is 5.56 Å². The fourth-order valence-corrected chi connectivity index (χ4v) is 3.78. The van der Waals surface area contributed by atoms with Gasteiger partial charge in [0, 0.05) is 23.7 Å². The maximum absolute atomic E-state index is 11.0. The molecule has 0 fully saturated rings. The van der Waals surface area contributed by atoms with Gasteiger partial charge in [-0.05, 0) is 42.5 Å². The van der Waals surface area contributed by atoms with Crippen molar-refractivity contribution in [1.29, 1.82) is 0 Å². The number of aryl methyl sites for hydroxylation is 1. The Balaban J connectivity index is 1.66. The third-order valence-electron chi connectivity index (χ3n) is 4.83. The summed E-state index contributed by atoms with van der Waals surface area (Å²) in [6.45, 7) is 0.681. The number of hydrogen-bond donors (Lipinski definition) is 1. The maximum atomic E-state index is 11.0. The Morgan fingerprint density at radius 2 is 2.00 bits per heavy atom. The number of nitrogens with zero attached hydrogens (tertiary/aromatic N) is 1. The molecule has 1 aromatic heterocycles. The van der Waals surface area contributed by atoms with Gasteiger partial charge in [-0.1, -0.05) is 24.3 Å². The number of fused-ring (bicyclic) bond motifs is 2. The fraction of sp³-hybridized carbons (Fsp3) is 0.389. The summed E-state index contributed by atoms with van der Waals surface area (Å²) in [6, 6.07) is 12.2. The van der Waals surface area contributed by atoms with Gasteiger partial charge < -0.3 is 9.84 Å². The summed E-state index contributed by atoms with van der Waals surface area (Å²) in [5.41, 5.74) is 3.52. The number of benzene rings is 1. The number of aliphatic hydroxyl groups excluding tert-OH is 1. The Hall–Kier alpha value is -1.87. The van der Waals surface area contributed by atoms with E-state index in [1.54, 1.807) is 0 Å². The summed E-state index contributed by atoms with van der Waals surface area (Å²) >= 11 is 0. The van der Waals surface area contributed by atoms with Gasteiger partial charge in [0.1, 0.15) is 5.75 Å². The molecule has 0 bridgehead atoms. The average Bonchev–Trinajstić information content (AvgIpc) is 2.98. The summed E-state index contributed by atoms with van der Waals surface area (Å²) in [4.78, 5) is 4.52. The number of rotatable bonds is 2. The van der Waals surface area contributed by atoms with Crippen molar-refractivity contribution in [2.24, 2.45) is 0 Å². The zero-order valence-electron chi connectivity index (χ0n) is 11.9. The molecule has 3 unspecified atom stereocenters. The van der Waals surface area contributed by atoms with Crippen molar-refractivity contribution in [2.45, 2.75) is 37.2 Å². The summed E-state index contributed by atoms with van der Waals surface area (Å²) in [5.74, 6) is 1.22. The second-order valence-electron chi connectivity index (χ2n) is 5.96. The van der Waals surface area contributed by atoms with Gasteiger partial charge in [-0.25, -0.2) is 0 Å². The van der Waals surface area contributed by atoms with Crippen LogP contribution in [-0.4, -0.2) is 22.8 Å². The van der Waals surface area contributed by atoms with Crippen molar-refractivity contribution in [1.82, 2.24) is 4.98 Å². The van der Waals surface area contributed by atoms with Crippen LogP contribution in [0.5, 0.6) is 5.75 Å². The fourth-order valence-electron chi connectivity index (χ4n) is 3.78. The number of ether oxygens (including phenoxy) is 1. The lowest BCUT2D eigenvalue weighted by molar-refractivity contribution is 0.0904. The Kier molecular flexibility index (Phi) is 3.15. The van der Waals surface area contributed by atoms with Gasteiger partial charge in [0.2, 0.25) is 0 Å². The molecule has 108 valence electrons. The molecule has 4 rings (SSSR count). The van der Waals surface area contributed by atoms with Gasteiger partial charge >= 0.3 is 0 Å². The van der Waals surface area contributed by atoms with Gasteiger partial charge in [0.25, 0.3) is 0 Å². The predicted octanol–water partition coefficient (Wildman–Crippen LogP) is 3.04. The molecule has 1 aromatic carbocycles. The lowest BCUT2D eigenvalue weighted by Gasteiger charge is -2.32. The van der Waals surface area contributed by atoms with E-state index in [1.807, 2.05) is 30.5 Å². The second kappa shape index (κ2) is 5.15. The van der Waals surface area contributed by atoms with Gasteiger partial charge in [0.15, 0.2) is 0 Å². The minimum absolute atomic E-state index is 0.146.